The van der Waals surface area contributed by atoms with Gasteiger partial charge in [0.1, 0.15) is 10.7 Å². The van der Waals surface area contributed by atoms with Crippen LogP contribution in [0.3, 0.4) is 0 Å². The highest BCUT2D eigenvalue weighted by Crippen LogP contribution is 2.14. The second-order valence-electron chi connectivity index (χ2n) is 2.95. The summed E-state index contributed by atoms with van der Waals surface area (Å²) in [5.74, 6) is -0.179. The number of carbonyl (C=O) groups excluding carboxylic acids is 1. The fraction of sp³-hybridized carbons (Fsp3) is 0.286. The van der Waals surface area contributed by atoms with Gasteiger partial charge >= 0.3 is 0 Å². The van der Waals surface area contributed by atoms with Crippen molar-refractivity contribution in [2.24, 2.45) is 0 Å². The number of rotatable bonds is 3. The van der Waals surface area contributed by atoms with Crippen molar-refractivity contribution < 1.29 is 9.42 Å². The third kappa shape index (κ3) is 2.31. The number of nitrogen functional groups attached to an aromatic ring is 1. The summed E-state index contributed by atoms with van der Waals surface area (Å²) in [6, 6.07) is 0. The summed E-state index contributed by atoms with van der Waals surface area (Å²) in [5.41, 5.74) is 5.72. The van der Waals surface area contributed by atoms with E-state index in [-0.39, 0.29) is 18.1 Å². The molecule has 0 aliphatic rings. The van der Waals surface area contributed by atoms with Crippen molar-refractivity contribution in [2.45, 2.75) is 13.3 Å². The van der Waals surface area contributed by atoms with Gasteiger partial charge in [-0.2, -0.15) is 0 Å². The lowest BCUT2D eigenvalue weighted by Crippen LogP contribution is -2.15. The van der Waals surface area contributed by atoms with E-state index in [0.29, 0.717) is 10.8 Å². The molecule has 9 heteroatoms. The lowest BCUT2D eigenvalue weighted by molar-refractivity contribution is -0.115. The third-order valence-corrected chi connectivity index (χ3v) is 2.44. The van der Waals surface area contributed by atoms with Crippen molar-refractivity contribution in [1.82, 2.24) is 20.5 Å². The molecular formula is C7H8N6O2S. The Morgan fingerprint density at radius 3 is 2.88 bits per heavy atom. The Balaban J connectivity index is 1.97. The van der Waals surface area contributed by atoms with Gasteiger partial charge in [-0.3, -0.25) is 4.79 Å². The fourth-order valence-electron chi connectivity index (χ4n) is 0.999. The molecule has 2 heterocycles. The van der Waals surface area contributed by atoms with E-state index in [4.69, 9.17) is 5.73 Å². The predicted molar refractivity (Wildman–Crippen MR) is 55.7 cm³/mol. The molecule has 2 aromatic heterocycles. The van der Waals surface area contributed by atoms with Crippen molar-refractivity contribution in [3.05, 3.63) is 10.7 Å². The average molecular weight is 240 g/mol. The molecule has 0 aromatic carbocycles. The smallest absolute Gasteiger partial charge is 0.232 e. The zero-order valence-corrected chi connectivity index (χ0v) is 9.11. The molecule has 3 N–H and O–H groups in total. The van der Waals surface area contributed by atoms with Crippen LogP contribution in [0.2, 0.25) is 0 Å². The molecule has 0 bridgehead atoms. The summed E-state index contributed by atoms with van der Waals surface area (Å²) in [6.07, 6.45) is -0.00599. The number of nitrogens with two attached hydrogens (primary N) is 1. The number of aromatic nitrogens is 4. The Morgan fingerprint density at radius 2 is 2.31 bits per heavy atom. The normalized spacial score (nSPS) is 10.3. The van der Waals surface area contributed by atoms with Crippen LogP contribution in [-0.2, 0) is 11.2 Å². The molecule has 0 radical (unpaired) electrons. The molecule has 1 amide bonds. The molecule has 0 unspecified atom stereocenters. The first kappa shape index (κ1) is 10.5. The maximum Gasteiger partial charge on any atom is 0.232 e. The van der Waals surface area contributed by atoms with E-state index in [9.17, 15) is 4.79 Å². The number of nitrogens with zero attached hydrogens (tertiary/aromatic N) is 4. The highest BCUT2D eigenvalue weighted by molar-refractivity contribution is 7.15. The minimum Gasteiger partial charge on any atom is -0.379 e. The van der Waals surface area contributed by atoms with Gasteiger partial charge in [0, 0.05) is 0 Å². The van der Waals surface area contributed by atoms with Gasteiger partial charge in [0.15, 0.2) is 5.82 Å². The van der Waals surface area contributed by atoms with Crippen LogP contribution in [0.25, 0.3) is 0 Å². The number of hydrogen-bond donors (Lipinski definition) is 2. The molecule has 0 saturated heterocycles. The van der Waals surface area contributed by atoms with Crippen LogP contribution < -0.4 is 11.1 Å². The average Bonchev–Trinajstić information content (AvgIpc) is 2.77. The molecule has 0 spiro atoms. The largest absolute Gasteiger partial charge is 0.379 e. The third-order valence-electron chi connectivity index (χ3n) is 1.69. The number of amides is 1. The van der Waals surface area contributed by atoms with E-state index in [1.165, 1.54) is 11.3 Å². The molecule has 0 aliphatic carbocycles. The molecule has 8 nitrogen and oxygen atoms in total. The summed E-state index contributed by atoms with van der Waals surface area (Å²) in [6.45, 7) is 1.80. The first-order chi connectivity index (χ1) is 7.65. The Hall–Kier alpha value is -2.03. The van der Waals surface area contributed by atoms with Gasteiger partial charge < -0.3 is 11.1 Å². The van der Waals surface area contributed by atoms with Crippen molar-refractivity contribution in [3.63, 3.8) is 0 Å². The summed E-state index contributed by atoms with van der Waals surface area (Å²) in [5, 5.41) is 18.2. The molecule has 16 heavy (non-hydrogen) atoms. The van der Waals surface area contributed by atoms with Crippen molar-refractivity contribution >= 4 is 28.2 Å². The van der Waals surface area contributed by atoms with E-state index >= 15 is 0 Å². The molecular weight excluding hydrogens is 232 g/mol. The Labute approximate surface area is 93.8 Å². The van der Waals surface area contributed by atoms with Crippen molar-refractivity contribution in [1.29, 1.82) is 0 Å². The molecule has 84 valence electrons. The second kappa shape index (κ2) is 4.23. The first-order valence-corrected chi connectivity index (χ1v) is 5.13. The quantitative estimate of drug-likeness (QED) is 0.774. The standard InChI is InChI=1S/C7H8N6O2S/c1-3-10-11-7(16-3)9-5(14)2-4-6(8)13-15-12-4/h2H2,1H3,(H2,8,13)(H,9,11,14). The molecule has 2 rings (SSSR count). The number of hydrogen-bond acceptors (Lipinski definition) is 8. The van der Waals surface area contributed by atoms with E-state index in [1.54, 1.807) is 6.92 Å². The van der Waals surface area contributed by atoms with Crippen molar-refractivity contribution in [3.8, 4) is 0 Å². The van der Waals surface area contributed by atoms with Crippen molar-refractivity contribution in [2.75, 3.05) is 11.1 Å². The molecule has 0 saturated carbocycles. The summed E-state index contributed by atoms with van der Waals surface area (Å²) in [4.78, 5) is 11.5. The zero-order valence-electron chi connectivity index (χ0n) is 8.30. The van der Waals surface area contributed by atoms with Crippen LogP contribution in [0.5, 0.6) is 0 Å². The van der Waals surface area contributed by atoms with Crippen LogP contribution in [0.4, 0.5) is 10.9 Å². The maximum absolute atomic E-state index is 11.5. The Bertz CT molecular complexity index is 506. The van der Waals surface area contributed by atoms with Crippen LogP contribution in [-0.4, -0.2) is 26.4 Å². The number of nitrogens with one attached hydrogen (secondary N) is 1. The van der Waals surface area contributed by atoms with E-state index in [0.717, 1.165) is 5.01 Å². The molecule has 0 fully saturated rings. The zero-order chi connectivity index (χ0) is 11.5. The van der Waals surface area contributed by atoms with E-state index < -0.39 is 0 Å². The summed E-state index contributed by atoms with van der Waals surface area (Å²) < 4.78 is 4.37. The van der Waals surface area contributed by atoms with Crippen LogP contribution in [0.1, 0.15) is 10.7 Å². The highest BCUT2D eigenvalue weighted by Gasteiger charge is 2.13. The first-order valence-electron chi connectivity index (χ1n) is 4.32. The monoisotopic (exact) mass is 240 g/mol. The molecule has 0 aliphatic heterocycles. The number of anilines is 2. The SMILES string of the molecule is Cc1nnc(NC(=O)Cc2nonc2N)s1. The van der Waals surface area contributed by atoms with Gasteiger partial charge in [0.05, 0.1) is 6.42 Å². The van der Waals surface area contributed by atoms with Crippen LogP contribution >= 0.6 is 11.3 Å². The predicted octanol–water partition coefficient (Wildman–Crippen LogP) is -0.00708. The number of aryl methyl sites for hydroxylation is 1. The van der Waals surface area contributed by atoms with Gasteiger partial charge in [-0.05, 0) is 12.1 Å². The Morgan fingerprint density at radius 1 is 1.50 bits per heavy atom. The minimum atomic E-state index is -0.293. The minimum absolute atomic E-state index is 0.00599. The summed E-state index contributed by atoms with van der Waals surface area (Å²) >= 11 is 1.29. The van der Waals surface area contributed by atoms with Gasteiger partial charge in [-0.1, -0.05) is 16.5 Å². The maximum atomic E-state index is 11.5. The Kier molecular flexibility index (Phi) is 2.77. The lowest BCUT2D eigenvalue weighted by Gasteiger charge is -1.97. The summed E-state index contributed by atoms with van der Waals surface area (Å²) in [7, 11) is 0. The molecule has 0 atom stereocenters. The van der Waals surface area contributed by atoms with Gasteiger partial charge in [0.25, 0.3) is 0 Å². The number of carbonyl (C=O) groups is 1. The highest BCUT2D eigenvalue weighted by atomic mass is 32.1. The van der Waals surface area contributed by atoms with Gasteiger partial charge in [0.2, 0.25) is 11.0 Å². The molecule has 2 aromatic rings. The lowest BCUT2D eigenvalue weighted by atomic mass is 10.3. The van der Waals surface area contributed by atoms with Crippen LogP contribution in [0.15, 0.2) is 4.63 Å². The second-order valence-corrected chi connectivity index (χ2v) is 4.13. The van der Waals surface area contributed by atoms with Gasteiger partial charge in [-0.25, -0.2) is 4.63 Å². The van der Waals surface area contributed by atoms with E-state index in [1.807, 2.05) is 0 Å². The van der Waals surface area contributed by atoms with Gasteiger partial charge in [-0.15, -0.1) is 10.2 Å². The topological polar surface area (TPSA) is 120 Å². The van der Waals surface area contributed by atoms with Crippen LogP contribution in [0, 0.1) is 6.92 Å². The van der Waals surface area contributed by atoms with E-state index in [2.05, 4.69) is 30.5 Å². The fourth-order valence-corrected chi connectivity index (χ4v) is 1.61.